The van der Waals surface area contributed by atoms with Crippen molar-refractivity contribution < 1.29 is 4.79 Å². The number of nitrogens with one attached hydrogen (secondary N) is 2. The lowest BCUT2D eigenvalue weighted by atomic mass is 9.82. The highest BCUT2D eigenvalue weighted by Crippen LogP contribution is 2.35. The molecule has 1 aromatic carbocycles. The predicted molar refractivity (Wildman–Crippen MR) is 123 cm³/mol. The molecule has 1 saturated heterocycles. The van der Waals surface area contributed by atoms with Crippen LogP contribution >= 0.6 is 35.6 Å². The van der Waals surface area contributed by atoms with Crippen molar-refractivity contribution in [3.05, 3.63) is 28.8 Å². The van der Waals surface area contributed by atoms with Gasteiger partial charge in [0, 0.05) is 43.8 Å². The number of carbonyl (C=O) groups excluding carboxylic acids is 1. The molecule has 3 rings (SSSR count). The highest BCUT2D eigenvalue weighted by atomic mass is 127. The van der Waals surface area contributed by atoms with Crippen LogP contribution in [0.15, 0.2) is 23.2 Å². The maximum absolute atomic E-state index is 12.2. The molecule has 2 unspecified atom stereocenters. The average Bonchev–Trinajstić information content (AvgIpc) is 3.06. The van der Waals surface area contributed by atoms with E-state index in [2.05, 4.69) is 20.5 Å². The third kappa shape index (κ3) is 5.73. The molecule has 0 spiro atoms. The first-order valence-corrected chi connectivity index (χ1v) is 9.97. The summed E-state index contributed by atoms with van der Waals surface area (Å²) in [7, 11) is 1.82. The Balaban J connectivity index is 0.00000261. The van der Waals surface area contributed by atoms with Gasteiger partial charge in [0.05, 0.1) is 0 Å². The van der Waals surface area contributed by atoms with Crippen LogP contribution in [0.1, 0.15) is 37.7 Å². The van der Waals surface area contributed by atoms with Crippen LogP contribution in [-0.2, 0) is 4.79 Å². The zero-order valence-electron chi connectivity index (χ0n) is 16.1. The van der Waals surface area contributed by atoms with Crippen molar-refractivity contribution >= 4 is 53.1 Å². The van der Waals surface area contributed by atoms with Crippen LogP contribution in [0.25, 0.3) is 0 Å². The molecule has 1 saturated carbocycles. The molecule has 7 heteroatoms. The topological polar surface area (TPSA) is 56.7 Å². The van der Waals surface area contributed by atoms with Gasteiger partial charge in [0.2, 0.25) is 5.91 Å². The van der Waals surface area contributed by atoms with E-state index in [0.717, 1.165) is 42.1 Å². The quantitative estimate of drug-likeness (QED) is 0.365. The van der Waals surface area contributed by atoms with Crippen molar-refractivity contribution in [1.82, 2.24) is 10.2 Å². The Labute approximate surface area is 184 Å². The molecule has 1 aliphatic heterocycles. The smallest absolute Gasteiger partial charge is 0.226 e. The van der Waals surface area contributed by atoms with Gasteiger partial charge in [0.15, 0.2) is 5.96 Å². The first kappa shape index (κ1) is 22.3. The van der Waals surface area contributed by atoms with E-state index in [9.17, 15) is 4.79 Å². The van der Waals surface area contributed by atoms with Crippen molar-refractivity contribution in [1.29, 1.82) is 0 Å². The summed E-state index contributed by atoms with van der Waals surface area (Å²) in [5.41, 5.74) is 1.67. The lowest BCUT2D eigenvalue weighted by molar-refractivity contribution is -0.116. The monoisotopic (exact) mass is 504 g/mol. The van der Waals surface area contributed by atoms with Crippen molar-refractivity contribution in [2.24, 2.45) is 16.8 Å². The molecule has 2 fully saturated rings. The highest BCUT2D eigenvalue weighted by molar-refractivity contribution is 14.0. The Morgan fingerprint density at radius 2 is 1.93 bits per heavy atom. The number of nitrogens with zero attached hydrogens (tertiary/aromatic N) is 2. The second-order valence-corrected chi connectivity index (χ2v) is 7.80. The fourth-order valence-electron chi connectivity index (χ4n) is 4.15. The fourth-order valence-corrected chi connectivity index (χ4v) is 4.33. The molecule has 150 valence electrons. The van der Waals surface area contributed by atoms with Gasteiger partial charge in [-0.05, 0) is 49.3 Å². The van der Waals surface area contributed by atoms with Crippen LogP contribution in [0.5, 0.6) is 0 Å². The van der Waals surface area contributed by atoms with Crippen molar-refractivity contribution in [2.75, 3.05) is 32.0 Å². The van der Waals surface area contributed by atoms with Crippen LogP contribution in [0.2, 0.25) is 5.02 Å². The molecular weight excluding hydrogens is 475 g/mol. The summed E-state index contributed by atoms with van der Waals surface area (Å²) >= 11 is 6.10. The molecule has 2 aliphatic rings. The van der Waals surface area contributed by atoms with Gasteiger partial charge in [-0.3, -0.25) is 9.79 Å². The van der Waals surface area contributed by atoms with E-state index in [0.29, 0.717) is 18.0 Å². The number of hydrogen-bond donors (Lipinski definition) is 2. The molecule has 27 heavy (non-hydrogen) atoms. The number of guanidine groups is 1. The number of anilines is 1. The largest absolute Gasteiger partial charge is 0.356 e. The summed E-state index contributed by atoms with van der Waals surface area (Å²) in [6.45, 7) is 4.67. The second kappa shape index (κ2) is 10.5. The lowest BCUT2D eigenvalue weighted by Crippen LogP contribution is -2.41. The summed E-state index contributed by atoms with van der Waals surface area (Å²) in [6, 6.07) is 5.54. The number of amides is 1. The molecule has 2 N–H and O–H groups in total. The fraction of sp³-hybridized carbons (Fsp3) is 0.600. The molecule has 1 heterocycles. The summed E-state index contributed by atoms with van der Waals surface area (Å²) in [5.74, 6) is 2.53. The number of rotatable bonds is 4. The van der Waals surface area contributed by atoms with Gasteiger partial charge in [-0.25, -0.2) is 0 Å². The minimum absolute atomic E-state index is 0. The molecule has 1 aromatic rings. The average molecular weight is 505 g/mol. The number of hydrogen-bond acceptors (Lipinski definition) is 2. The summed E-state index contributed by atoms with van der Waals surface area (Å²) in [6.07, 6.45) is 5.82. The zero-order chi connectivity index (χ0) is 18.5. The zero-order valence-corrected chi connectivity index (χ0v) is 19.2. The van der Waals surface area contributed by atoms with Gasteiger partial charge >= 0.3 is 0 Å². The number of fused-ring (bicyclic) bond motifs is 1. The van der Waals surface area contributed by atoms with E-state index in [4.69, 9.17) is 11.6 Å². The van der Waals surface area contributed by atoms with E-state index in [1.54, 1.807) is 0 Å². The van der Waals surface area contributed by atoms with Gasteiger partial charge in [-0.15, -0.1) is 24.0 Å². The van der Waals surface area contributed by atoms with Gasteiger partial charge in [-0.2, -0.15) is 0 Å². The van der Waals surface area contributed by atoms with Crippen LogP contribution in [0, 0.1) is 18.8 Å². The Hall–Kier alpha value is -1.02. The maximum atomic E-state index is 12.2. The molecular formula is C20H30ClIN4O. The Morgan fingerprint density at radius 1 is 1.26 bits per heavy atom. The van der Waals surface area contributed by atoms with E-state index in [1.165, 1.54) is 25.7 Å². The third-order valence-corrected chi connectivity index (χ3v) is 6.07. The minimum Gasteiger partial charge on any atom is -0.356 e. The number of benzene rings is 1. The van der Waals surface area contributed by atoms with Gasteiger partial charge in [-0.1, -0.05) is 30.5 Å². The first-order valence-electron chi connectivity index (χ1n) is 9.59. The molecule has 0 bridgehead atoms. The summed E-state index contributed by atoms with van der Waals surface area (Å²) < 4.78 is 0. The predicted octanol–water partition coefficient (Wildman–Crippen LogP) is 4.29. The lowest BCUT2D eigenvalue weighted by Gasteiger charge is -2.22. The maximum Gasteiger partial charge on any atom is 0.226 e. The molecule has 0 aromatic heterocycles. The van der Waals surface area contributed by atoms with E-state index in [-0.39, 0.29) is 29.9 Å². The second-order valence-electron chi connectivity index (χ2n) is 7.39. The molecule has 5 nitrogen and oxygen atoms in total. The van der Waals surface area contributed by atoms with Gasteiger partial charge in [0.1, 0.15) is 0 Å². The first-order chi connectivity index (χ1) is 12.6. The molecule has 1 amide bonds. The number of aliphatic imine (C=N–C) groups is 1. The standard InChI is InChI=1S/C20H29ClN4O.HI/c1-14-17(21)8-5-9-18(14)24-19(26)10-11-23-20(22-2)25-12-15-6-3-4-7-16(15)13-25;/h5,8-9,15-16H,3-4,6-7,10-13H2,1-2H3,(H,22,23)(H,24,26);1H. The van der Waals surface area contributed by atoms with Gasteiger partial charge in [0.25, 0.3) is 0 Å². The van der Waals surface area contributed by atoms with Crippen LogP contribution in [0.3, 0.4) is 0 Å². The number of halogens is 2. The minimum atomic E-state index is -0.0200. The van der Waals surface area contributed by atoms with E-state index >= 15 is 0 Å². The van der Waals surface area contributed by atoms with Crippen molar-refractivity contribution in [3.8, 4) is 0 Å². The summed E-state index contributed by atoms with van der Waals surface area (Å²) in [5, 5.41) is 6.95. The van der Waals surface area contributed by atoms with E-state index < -0.39 is 0 Å². The van der Waals surface area contributed by atoms with Gasteiger partial charge < -0.3 is 15.5 Å². The highest BCUT2D eigenvalue weighted by Gasteiger charge is 2.35. The Bertz CT molecular complexity index is 668. The Morgan fingerprint density at radius 3 is 2.56 bits per heavy atom. The number of likely N-dealkylation sites (tertiary alicyclic amines) is 1. The van der Waals surface area contributed by atoms with Crippen molar-refractivity contribution in [3.63, 3.8) is 0 Å². The molecule has 1 aliphatic carbocycles. The van der Waals surface area contributed by atoms with Crippen LogP contribution < -0.4 is 10.6 Å². The Kier molecular flexibility index (Phi) is 8.66. The normalized spacial score (nSPS) is 22.0. The number of carbonyl (C=O) groups is 1. The van der Waals surface area contributed by atoms with E-state index in [1.807, 2.05) is 32.2 Å². The SMILES string of the molecule is CN=C(NCCC(=O)Nc1cccc(Cl)c1C)N1CC2CCCCC2C1.I. The van der Waals surface area contributed by atoms with Crippen molar-refractivity contribution in [2.45, 2.75) is 39.0 Å². The molecule has 0 radical (unpaired) electrons. The summed E-state index contributed by atoms with van der Waals surface area (Å²) in [4.78, 5) is 19.0. The van der Waals surface area contributed by atoms with Crippen LogP contribution in [0.4, 0.5) is 5.69 Å². The van der Waals surface area contributed by atoms with Crippen LogP contribution in [-0.4, -0.2) is 43.4 Å². The third-order valence-electron chi connectivity index (χ3n) is 5.66. The molecule has 2 atom stereocenters.